The van der Waals surface area contributed by atoms with Gasteiger partial charge in [-0.2, -0.15) is 0 Å². The molecular formula is C19H22N2O4. The summed E-state index contributed by atoms with van der Waals surface area (Å²) in [5.41, 5.74) is 1.63. The van der Waals surface area contributed by atoms with E-state index >= 15 is 0 Å². The number of benzene rings is 2. The van der Waals surface area contributed by atoms with Crippen molar-refractivity contribution in [2.75, 3.05) is 25.6 Å². The molecule has 0 radical (unpaired) electrons. The summed E-state index contributed by atoms with van der Waals surface area (Å²) in [7, 11) is 1.58. The highest BCUT2D eigenvalue weighted by Gasteiger charge is 2.22. The van der Waals surface area contributed by atoms with Gasteiger partial charge in [-0.1, -0.05) is 18.2 Å². The van der Waals surface area contributed by atoms with E-state index < -0.39 is 0 Å². The number of amides is 2. The van der Waals surface area contributed by atoms with Crippen LogP contribution in [0.25, 0.3) is 0 Å². The molecule has 2 amide bonds. The van der Waals surface area contributed by atoms with Crippen molar-refractivity contribution in [3.63, 3.8) is 0 Å². The number of para-hydroxylation sites is 1. The number of urea groups is 1. The van der Waals surface area contributed by atoms with Crippen LogP contribution in [0.15, 0.2) is 42.5 Å². The highest BCUT2D eigenvalue weighted by atomic mass is 16.5. The largest absolute Gasteiger partial charge is 0.493 e. The van der Waals surface area contributed by atoms with E-state index in [1.807, 2.05) is 31.2 Å². The fourth-order valence-electron chi connectivity index (χ4n) is 2.84. The van der Waals surface area contributed by atoms with Crippen LogP contribution in [0.5, 0.6) is 17.2 Å². The van der Waals surface area contributed by atoms with Crippen molar-refractivity contribution < 1.29 is 19.0 Å². The standard InChI is InChI=1S/C19H22N2O4/c1-3-24-18-12-13(8-9-17(18)23-2)20-19(22)21-15-10-11-25-16-7-5-4-6-14(15)16/h4-9,12,15H,3,10-11H2,1-2H3,(H2,20,21,22)/t15-/m1/s1. The molecule has 0 fully saturated rings. The number of methoxy groups -OCH3 is 1. The van der Waals surface area contributed by atoms with Crippen LogP contribution in [-0.2, 0) is 0 Å². The summed E-state index contributed by atoms with van der Waals surface area (Å²) in [4.78, 5) is 12.4. The summed E-state index contributed by atoms with van der Waals surface area (Å²) in [5, 5.41) is 5.85. The van der Waals surface area contributed by atoms with Crippen LogP contribution in [0.1, 0.15) is 24.9 Å². The van der Waals surface area contributed by atoms with E-state index in [-0.39, 0.29) is 12.1 Å². The molecule has 132 valence electrons. The molecule has 0 saturated heterocycles. The molecule has 1 atom stereocenters. The molecule has 0 aliphatic carbocycles. The Kier molecular flexibility index (Phi) is 5.28. The average Bonchev–Trinajstić information content (AvgIpc) is 2.62. The maximum atomic E-state index is 12.4. The van der Waals surface area contributed by atoms with Crippen molar-refractivity contribution >= 4 is 11.7 Å². The minimum absolute atomic E-state index is 0.0745. The van der Waals surface area contributed by atoms with Crippen LogP contribution >= 0.6 is 0 Å². The lowest BCUT2D eigenvalue weighted by molar-refractivity contribution is 0.232. The lowest BCUT2D eigenvalue weighted by Crippen LogP contribution is -2.35. The maximum absolute atomic E-state index is 12.4. The molecule has 3 rings (SSSR count). The van der Waals surface area contributed by atoms with Gasteiger partial charge in [0.25, 0.3) is 0 Å². The van der Waals surface area contributed by atoms with Crippen LogP contribution < -0.4 is 24.8 Å². The van der Waals surface area contributed by atoms with Gasteiger partial charge < -0.3 is 24.8 Å². The molecule has 25 heavy (non-hydrogen) atoms. The Balaban J connectivity index is 1.68. The third-order valence-corrected chi connectivity index (χ3v) is 3.99. The van der Waals surface area contributed by atoms with E-state index in [0.717, 1.165) is 17.7 Å². The zero-order chi connectivity index (χ0) is 17.6. The van der Waals surface area contributed by atoms with Gasteiger partial charge in [0.1, 0.15) is 5.75 Å². The molecule has 6 heteroatoms. The van der Waals surface area contributed by atoms with E-state index in [0.29, 0.717) is 30.4 Å². The third-order valence-electron chi connectivity index (χ3n) is 3.99. The molecule has 2 N–H and O–H groups in total. The number of nitrogens with one attached hydrogen (secondary N) is 2. The molecule has 0 spiro atoms. The Morgan fingerprint density at radius 3 is 2.88 bits per heavy atom. The lowest BCUT2D eigenvalue weighted by atomic mass is 10.0. The molecule has 0 bridgehead atoms. The second kappa shape index (κ2) is 7.79. The zero-order valence-electron chi connectivity index (χ0n) is 14.4. The number of carbonyl (C=O) groups is 1. The summed E-state index contributed by atoms with van der Waals surface area (Å²) in [6.45, 7) is 3.00. The van der Waals surface area contributed by atoms with E-state index in [2.05, 4.69) is 10.6 Å². The van der Waals surface area contributed by atoms with E-state index in [1.54, 1.807) is 25.3 Å². The first-order valence-corrected chi connectivity index (χ1v) is 8.31. The summed E-state index contributed by atoms with van der Waals surface area (Å²) < 4.78 is 16.4. The van der Waals surface area contributed by atoms with Gasteiger partial charge in [-0.25, -0.2) is 4.79 Å². The SMILES string of the molecule is CCOc1cc(NC(=O)N[C@@H]2CCOc3ccccc32)ccc1OC. The summed E-state index contributed by atoms with van der Waals surface area (Å²) >= 11 is 0. The van der Waals surface area contributed by atoms with Crippen LogP contribution in [0, 0.1) is 0 Å². The first-order chi connectivity index (χ1) is 12.2. The van der Waals surface area contributed by atoms with Crippen molar-refractivity contribution in [2.24, 2.45) is 0 Å². The second-order valence-corrected chi connectivity index (χ2v) is 5.62. The van der Waals surface area contributed by atoms with Gasteiger partial charge in [-0.3, -0.25) is 0 Å². The molecule has 6 nitrogen and oxygen atoms in total. The fourth-order valence-corrected chi connectivity index (χ4v) is 2.84. The maximum Gasteiger partial charge on any atom is 0.319 e. The second-order valence-electron chi connectivity index (χ2n) is 5.62. The van der Waals surface area contributed by atoms with Gasteiger partial charge in [-0.05, 0) is 25.1 Å². The Labute approximate surface area is 147 Å². The fraction of sp³-hybridized carbons (Fsp3) is 0.316. The van der Waals surface area contributed by atoms with E-state index in [9.17, 15) is 4.79 Å². The number of ether oxygens (including phenoxy) is 3. The number of anilines is 1. The first kappa shape index (κ1) is 17.0. The molecule has 1 heterocycles. The molecule has 1 aliphatic heterocycles. The normalized spacial score (nSPS) is 15.5. The summed E-state index contributed by atoms with van der Waals surface area (Å²) in [5.74, 6) is 2.05. The number of hydrogen-bond acceptors (Lipinski definition) is 4. The first-order valence-electron chi connectivity index (χ1n) is 8.31. The Bertz CT molecular complexity index is 748. The number of carbonyl (C=O) groups excluding carboxylic acids is 1. The van der Waals surface area contributed by atoms with Crippen molar-refractivity contribution in [3.05, 3.63) is 48.0 Å². The van der Waals surface area contributed by atoms with Gasteiger partial charge >= 0.3 is 6.03 Å². The summed E-state index contributed by atoms with van der Waals surface area (Å²) in [6, 6.07) is 12.7. The molecule has 0 aromatic heterocycles. The molecule has 2 aromatic carbocycles. The van der Waals surface area contributed by atoms with Gasteiger partial charge in [0.2, 0.25) is 0 Å². The Morgan fingerprint density at radius 1 is 1.24 bits per heavy atom. The van der Waals surface area contributed by atoms with Crippen molar-refractivity contribution in [1.29, 1.82) is 0 Å². The number of rotatable bonds is 5. The molecule has 0 saturated carbocycles. The highest BCUT2D eigenvalue weighted by molar-refractivity contribution is 5.90. The molecule has 1 aliphatic rings. The predicted octanol–water partition coefficient (Wildman–Crippen LogP) is 3.74. The van der Waals surface area contributed by atoms with Gasteiger partial charge in [0.15, 0.2) is 11.5 Å². The Hall–Kier alpha value is -2.89. The van der Waals surface area contributed by atoms with Gasteiger partial charge in [0.05, 0.1) is 26.4 Å². The lowest BCUT2D eigenvalue weighted by Gasteiger charge is -2.26. The van der Waals surface area contributed by atoms with Crippen molar-refractivity contribution in [2.45, 2.75) is 19.4 Å². The zero-order valence-corrected chi connectivity index (χ0v) is 14.4. The van der Waals surface area contributed by atoms with Crippen LogP contribution in [-0.4, -0.2) is 26.4 Å². The topological polar surface area (TPSA) is 68.8 Å². The van der Waals surface area contributed by atoms with Crippen LogP contribution in [0.4, 0.5) is 10.5 Å². The number of fused-ring (bicyclic) bond motifs is 1. The molecule has 2 aromatic rings. The van der Waals surface area contributed by atoms with Crippen LogP contribution in [0.2, 0.25) is 0 Å². The van der Waals surface area contributed by atoms with E-state index in [1.165, 1.54) is 0 Å². The highest BCUT2D eigenvalue weighted by Crippen LogP contribution is 2.32. The number of hydrogen-bond donors (Lipinski definition) is 2. The van der Waals surface area contributed by atoms with Crippen LogP contribution in [0.3, 0.4) is 0 Å². The smallest absolute Gasteiger partial charge is 0.319 e. The quantitative estimate of drug-likeness (QED) is 0.868. The third kappa shape index (κ3) is 3.96. The average molecular weight is 342 g/mol. The molecule has 0 unspecified atom stereocenters. The van der Waals surface area contributed by atoms with Crippen molar-refractivity contribution in [1.82, 2.24) is 5.32 Å². The van der Waals surface area contributed by atoms with Gasteiger partial charge in [-0.15, -0.1) is 0 Å². The molecular weight excluding hydrogens is 320 g/mol. The van der Waals surface area contributed by atoms with E-state index in [4.69, 9.17) is 14.2 Å². The minimum atomic E-state index is -0.269. The monoisotopic (exact) mass is 342 g/mol. The van der Waals surface area contributed by atoms with Crippen molar-refractivity contribution in [3.8, 4) is 17.2 Å². The van der Waals surface area contributed by atoms with Gasteiger partial charge in [0, 0.05) is 23.7 Å². The summed E-state index contributed by atoms with van der Waals surface area (Å²) in [6.07, 6.45) is 0.733. The predicted molar refractivity (Wildman–Crippen MR) is 95.6 cm³/mol. The minimum Gasteiger partial charge on any atom is -0.493 e. The Morgan fingerprint density at radius 2 is 2.08 bits per heavy atom.